The summed E-state index contributed by atoms with van der Waals surface area (Å²) in [7, 11) is 0. The minimum Gasteiger partial charge on any atom is -0.455 e. The first-order chi connectivity index (χ1) is 8.70. The van der Waals surface area contributed by atoms with Gasteiger partial charge in [0.25, 0.3) is 0 Å². The second-order valence-corrected chi connectivity index (χ2v) is 4.81. The number of amides is 1. The summed E-state index contributed by atoms with van der Waals surface area (Å²) in [6.07, 6.45) is 0. The minimum atomic E-state index is -0.415. The van der Waals surface area contributed by atoms with Crippen LogP contribution in [-0.2, 0) is 5.75 Å². The first-order valence-electron chi connectivity index (χ1n) is 5.49. The van der Waals surface area contributed by atoms with Gasteiger partial charge in [-0.25, -0.2) is 5.84 Å². The van der Waals surface area contributed by atoms with E-state index in [0.29, 0.717) is 5.75 Å². The van der Waals surface area contributed by atoms with E-state index in [2.05, 4.69) is 19.1 Å². The quantitative estimate of drug-likeness (QED) is 0.384. The third-order valence-corrected chi connectivity index (χ3v) is 3.68. The zero-order chi connectivity index (χ0) is 13.0. The lowest BCUT2D eigenvalue weighted by molar-refractivity contribution is 0.0924. The highest BCUT2D eigenvalue weighted by Crippen LogP contribution is 2.26. The van der Waals surface area contributed by atoms with Crippen LogP contribution in [0, 0.1) is 6.92 Å². The fourth-order valence-electron chi connectivity index (χ4n) is 1.52. The summed E-state index contributed by atoms with van der Waals surface area (Å²) >= 11 is 1.68. The van der Waals surface area contributed by atoms with Gasteiger partial charge in [0, 0.05) is 4.90 Å². The molecule has 0 saturated heterocycles. The van der Waals surface area contributed by atoms with Gasteiger partial charge in [0.05, 0.1) is 5.75 Å². The molecule has 2 aromatic rings. The molecule has 0 radical (unpaired) electrons. The summed E-state index contributed by atoms with van der Waals surface area (Å²) in [5.74, 6) is 6.29. The van der Waals surface area contributed by atoms with E-state index in [4.69, 9.17) is 10.3 Å². The summed E-state index contributed by atoms with van der Waals surface area (Å²) in [6.45, 7) is 2.07. The van der Waals surface area contributed by atoms with Crippen molar-refractivity contribution < 1.29 is 9.21 Å². The van der Waals surface area contributed by atoms with E-state index >= 15 is 0 Å². The van der Waals surface area contributed by atoms with Crippen LogP contribution in [0.4, 0.5) is 0 Å². The van der Waals surface area contributed by atoms with E-state index in [1.807, 2.05) is 17.6 Å². The Kier molecular flexibility index (Phi) is 4.07. The lowest BCUT2D eigenvalue weighted by Crippen LogP contribution is -2.29. The van der Waals surface area contributed by atoms with Crippen molar-refractivity contribution in [2.75, 3.05) is 0 Å². The second kappa shape index (κ2) is 5.75. The summed E-state index contributed by atoms with van der Waals surface area (Å²) in [5, 5.41) is 0. The van der Waals surface area contributed by atoms with Crippen molar-refractivity contribution in [3.8, 4) is 0 Å². The first-order valence-corrected chi connectivity index (χ1v) is 6.47. The molecule has 1 heterocycles. The molecule has 1 amide bonds. The van der Waals surface area contributed by atoms with Gasteiger partial charge in [-0.2, -0.15) is 0 Å². The normalized spacial score (nSPS) is 10.3. The number of nitrogens with one attached hydrogen (secondary N) is 1. The number of carbonyl (C=O) groups excluding carboxylic acids is 1. The van der Waals surface area contributed by atoms with Gasteiger partial charge >= 0.3 is 5.91 Å². The van der Waals surface area contributed by atoms with Gasteiger partial charge in [-0.15, -0.1) is 11.8 Å². The van der Waals surface area contributed by atoms with Crippen LogP contribution in [0.3, 0.4) is 0 Å². The molecule has 0 atom stereocenters. The third-order valence-electron chi connectivity index (χ3n) is 2.48. The van der Waals surface area contributed by atoms with Crippen molar-refractivity contribution in [2.24, 2.45) is 5.84 Å². The van der Waals surface area contributed by atoms with Gasteiger partial charge in [-0.1, -0.05) is 18.2 Å². The van der Waals surface area contributed by atoms with Gasteiger partial charge in [0.2, 0.25) is 0 Å². The maximum absolute atomic E-state index is 11.2. The number of carbonyl (C=O) groups is 1. The number of hydrazine groups is 1. The molecule has 94 valence electrons. The lowest BCUT2D eigenvalue weighted by Gasteiger charge is -2.03. The molecule has 2 rings (SSSR count). The topological polar surface area (TPSA) is 68.3 Å². The highest BCUT2D eigenvalue weighted by atomic mass is 32.2. The van der Waals surface area contributed by atoms with Crippen molar-refractivity contribution in [2.45, 2.75) is 17.6 Å². The monoisotopic (exact) mass is 262 g/mol. The molecule has 0 aliphatic heterocycles. The van der Waals surface area contributed by atoms with E-state index in [1.165, 1.54) is 10.5 Å². The number of hydrogen-bond donors (Lipinski definition) is 2. The van der Waals surface area contributed by atoms with Gasteiger partial charge in [-0.05, 0) is 30.7 Å². The number of benzene rings is 1. The molecule has 18 heavy (non-hydrogen) atoms. The zero-order valence-electron chi connectivity index (χ0n) is 9.97. The Hall–Kier alpha value is -1.72. The predicted molar refractivity (Wildman–Crippen MR) is 71.1 cm³/mol. The SMILES string of the molecule is Cc1ccccc1SCc1ccc(C(=O)NN)o1. The Morgan fingerprint density at radius 3 is 2.83 bits per heavy atom. The summed E-state index contributed by atoms with van der Waals surface area (Å²) < 4.78 is 5.39. The van der Waals surface area contributed by atoms with Crippen LogP contribution >= 0.6 is 11.8 Å². The molecular formula is C13H14N2O2S. The smallest absolute Gasteiger partial charge is 0.300 e. The van der Waals surface area contributed by atoms with Gasteiger partial charge in [0.1, 0.15) is 5.76 Å². The Morgan fingerprint density at radius 2 is 2.11 bits per heavy atom. The molecule has 1 aromatic heterocycles. The van der Waals surface area contributed by atoms with Crippen LogP contribution in [0.25, 0.3) is 0 Å². The number of nitrogens with two attached hydrogens (primary N) is 1. The largest absolute Gasteiger partial charge is 0.455 e. The lowest BCUT2D eigenvalue weighted by atomic mass is 10.2. The molecule has 0 aliphatic carbocycles. The minimum absolute atomic E-state index is 0.234. The molecule has 0 unspecified atom stereocenters. The van der Waals surface area contributed by atoms with E-state index < -0.39 is 5.91 Å². The fourth-order valence-corrected chi connectivity index (χ4v) is 2.44. The molecule has 1 aromatic carbocycles. The third kappa shape index (κ3) is 2.94. The molecule has 3 N–H and O–H groups in total. The summed E-state index contributed by atoms with van der Waals surface area (Å²) in [4.78, 5) is 12.4. The van der Waals surface area contributed by atoms with E-state index in [1.54, 1.807) is 23.9 Å². The Bertz CT molecular complexity index is 551. The Balaban J connectivity index is 2.01. The molecule has 4 nitrogen and oxygen atoms in total. The van der Waals surface area contributed by atoms with Gasteiger partial charge < -0.3 is 4.42 Å². The molecule has 5 heteroatoms. The highest BCUT2D eigenvalue weighted by molar-refractivity contribution is 7.98. The van der Waals surface area contributed by atoms with Crippen LogP contribution in [0.2, 0.25) is 0 Å². The molecule has 0 fully saturated rings. The van der Waals surface area contributed by atoms with Crippen molar-refractivity contribution in [3.63, 3.8) is 0 Å². The molecule has 0 bridgehead atoms. The van der Waals surface area contributed by atoms with Crippen LogP contribution < -0.4 is 11.3 Å². The summed E-state index contributed by atoms with van der Waals surface area (Å²) in [6, 6.07) is 11.6. The maximum Gasteiger partial charge on any atom is 0.300 e. The van der Waals surface area contributed by atoms with E-state index in [9.17, 15) is 4.79 Å². The van der Waals surface area contributed by atoms with Crippen LogP contribution in [-0.4, -0.2) is 5.91 Å². The van der Waals surface area contributed by atoms with E-state index in [-0.39, 0.29) is 5.76 Å². The second-order valence-electron chi connectivity index (χ2n) is 3.79. The number of thioether (sulfide) groups is 1. The van der Waals surface area contributed by atoms with Crippen LogP contribution in [0.5, 0.6) is 0 Å². The van der Waals surface area contributed by atoms with Crippen molar-refractivity contribution >= 4 is 17.7 Å². The Morgan fingerprint density at radius 1 is 1.33 bits per heavy atom. The number of aryl methyl sites for hydroxylation is 1. The number of rotatable bonds is 4. The first kappa shape index (κ1) is 12.7. The molecule has 0 aliphatic rings. The average molecular weight is 262 g/mol. The molecular weight excluding hydrogens is 248 g/mol. The van der Waals surface area contributed by atoms with Crippen LogP contribution in [0.15, 0.2) is 45.7 Å². The highest BCUT2D eigenvalue weighted by Gasteiger charge is 2.09. The number of nitrogen functional groups attached to an aromatic ring is 1. The predicted octanol–water partition coefficient (Wildman–Crippen LogP) is 2.48. The van der Waals surface area contributed by atoms with Crippen molar-refractivity contribution in [1.29, 1.82) is 0 Å². The van der Waals surface area contributed by atoms with Crippen molar-refractivity contribution in [3.05, 3.63) is 53.5 Å². The van der Waals surface area contributed by atoms with Crippen LogP contribution in [0.1, 0.15) is 21.9 Å². The average Bonchev–Trinajstić information content (AvgIpc) is 2.86. The van der Waals surface area contributed by atoms with E-state index in [0.717, 1.165) is 5.76 Å². The zero-order valence-corrected chi connectivity index (χ0v) is 10.8. The number of furan rings is 1. The Labute approximate surface area is 110 Å². The summed E-state index contributed by atoms with van der Waals surface area (Å²) in [5.41, 5.74) is 3.27. The molecule has 0 saturated carbocycles. The number of hydrogen-bond acceptors (Lipinski definition) is 4. The van der Waals surface area contributed by atoms with Gasteiger partial charge in [-0.3, -0.25) is 10.2 Å². The maximum atomic E-state index is 11.2. The van der Waals surface area contributed by atoms with Crippen molar-refractivity contribution in [1.82, 2.24) is 5.43 Å². The molecule has 0 spiro atoms. The fraction of sp³-hybridized carbons (Fsp3) is 0.154. The van der Waals surface area contributed by atoms with Gasteiger partial charge in [0.15, 0.2) is 5.76 Å². The standard InChI is InChI=1S/C13H14N2O2S/c1-9-4-2-3-5-12(9)18-8-10-6-7-11(17-10)13(16)15-14/h2-7H,8,14H2,1H3,(H,15,16).